The van der Waals surface area contributed by atoms with Gasteiger partial charge in [0.1, 0.15) is 0 Å². The quantitative estimate of drug-likeness (QED) is 0.678. The van der Waals surface area contributed by atoms with Crippen molar-refractivity contribution in [1.82, 2.24) is 5.32 Å². The number of nitrogens with zero attached hydrogens (tertiary/aromatic N) is 2. The van der Waals surface area contributed by atoms with Gasteiger partial charge in [0.15, 0.2) is 0 Å². The number of nitriles is 2. The molecule has 1 N–H and O–H groups in total. The van der Waals surface area contributed by atoms with Crippen molar-refractivity contribution >= 4 is 0 Å². The minimum atomic E-state index is -0.166. The predicted molar refractivity (Wildman–Crippen MR) is 51.8 cm³/mol. The van der Waals surface area contributed by atoms with Gasteiger partial charge in [-0.2, -0.15) is 10.5 Å². The van der Waals surface area contributed by atoms with Crippen LogP contribution in [0, 0.1) is 22.7 Å². The Hall–Kier alpha value is -1.06. The van der Waals surface area contributed by atoms with Gasteiger partial charge in [-0.3, -0.25) is 5.32 Å². The lowest BCUT2D eigenvalue weighted by atomic mass is 10.1. The highest BCUT2D eigenvalue weighted by molar-refractivity contribution is 4.98. The highest BCUT2D eigenvalue weighted by Crippen LogP contribution is 2.00. The van der Waals surface area contributed by atoms with Gasteiger partial charge in [-0.1, -0.05) is 26.7 Å². The average molecular weight is 179 g/mol. The van der Waals surface area contributed by atoms with Crippen molar-refractivity contribution in [3.8, 4) is 12.1 Å². The van der Waals surface area contributed by atoms with E-state index >= 15 is 0 Å². The number of rotatable bonds is 6. The maximum atomic E-state index is 8.75. The van der Waals surface area contributed by atoms with Gasteiger partial charge in [0.2, 0.25) is 0 Å². The summed E-state index contributed by atoms with van der Waals surface area (Å²) in [6.07, 6.45) is 3.57. The molecule has 0 aliphatic carbocycles. The van der Waals surface area contributed by atoms with Crippen LogP contribution < -0.4 is 5.32 Å². The van der Waals surface area contributed by atoms with Gasteiger partial charge in [-0.15, -0.1) is 0 Å². The molecule has 2 unspecified atom stereocenters. The third-order valence-electron chi connectivity index (χ3n) is 1.87. The Kier molecular flexibility index (Phi) is 6.96. The lowest BCUT2D eigenvalue weighted by molar-refractivity contribution is 0.489. The fourth-order valence-electron chi connectivity index (χ4n) is 1.19. The van der Waals surface area contributed by atoms with Crippen LogP contribution in [0.15, 0.2) is 0 Å². The van der Waals surface area contributed by atoms with Crippen LogP contribution in [-0.2, 0) is 0 Å². The fourth-order valence-corrected chi connectivity index (χ4v) is 1.19. The zero-order valence-electron chi connectivity index (χ0n) is 8.38. The molecule has 0 rings (SSSR count). The summed E-state index contributed by atoms with van der Waals surface area (Å²) < 4.78 is 0. The van der Waals surface area contributed by atoms with Crippen LogP contribution in [0.4, 0.5) is 0 Å². The molecular formula is C10H17N3. The molecule has 0 aromatic heterocycles. The monoisotopic (exact) mass is 179 g/mol. The summed E-state index contributed by atoms with van der Waals surface area (Å²) >= 11 is 0. The van der Waals surface area contributed by atoms with Crippen molar-refractivity contribution < 1.29 is 0 Å². The zero-order valence-corrected chi connectivity index (χ0v) is 8.38. The third-order valence-corrected chi connectivity index (χ3v) is 1.87. The average Bonchev–Trinajstić information content (AvgIpc) is 2.16. The molecule has 0 saturated heterocycles. The van der Waals surface area contributed by atoms with Gasteiger partial charge in [0.25, 0.3) is 0 Å². The van der Waals surface area contributed by atoms with Crippen LogP contribution in [0.1, 0.15) is 39.5 Å². The second-order valence-electron chi connectivity index (χ2n) is 3.11. The molecule has 0 heterocycles. The smallest absolute Gasteiger partial charge is 0.0962 e. The Bertz CT molecular complexity index is 177. The van der Waals surface area contributed by atoms with E-state index in [4.69, 9.17) is 10.5 Å². The Balaban J connectivity index is 3.91. The van der Waals surface area contributed by atoms with Gasteiger partial charge >= 0.3 is 0 Å². The molecular weight excluding hydrogens is 162 g/mol. The summed E-state index contributed by atoms with van der Waals surface area (Å²) in [5.74, 6) is 0. The van der Waals surface area contributed by atoms with Crippen LogP contribution in [-0.4, -0.2) is 12.1 Å². The largest absolute Gasteiger partial charge is 0.287 e. The van der Waals surface area contributed by atoms with E-state index in [1.165, 1.54) is 0 Å². The number of hydrogen-bond acceptors (Lipinski definition) is 3. The van der Waals surface area contributed by atoms with Crippen molar-refractivity contribution in [2.75, 3.05) is 0 Å². The van der Waals surface area contributed by atoms with Gasteiger partial charge in [-0.25, -0.2) is 0 Å². The molecule has 0 bridgehead atoms. The maximum absolute atomic E-state index is 8.75. The predicted octanol–water partition coefficient (Wildman–Crippen LogP) is 1.96. The summed E-state index contributed by atoms with van der Waals surface area (Å²) in [6, 6.07) is 4.00. The van der Waals surface area contributed by atoms with E-state index in [2.05, 4.69) is 17.5 Å². The molecule has 72 valence electrons. The topological polar surface area (TPSA) is 59.6 Å². The Morgan fingerprint density at radius 1 is 1.00 bits per heavy atom. The number of nitrogens with one attached hydrogen (secondary N) is 1. The van der Waals surface area contributed by atoms with Crippen LogP contribution in [0.25, 0.3) is 0 Å². The van der Waals surface area contributed by atoms with Crippen molar-refractivity contribution in [2.45, 2.75) is 51.6 Å². The standard InChI is InChI=1S/C10H17N3/c1-3-5-9(7-11)13-10(8-12)6-4-2/h9-10,13H,3-6H2,1-2H3. The van der Waals surface area contributed by atoms with Crippen LogP contribution in [0.5, 0.6) is 0 Å². The zero-order chi connectivity index (χ0) is 10.1. The van der Waals surface area contributed by atoms with E-state index in [0.29, 0.717) is 0 Å². The van der Waals surface area contributed by atoms with Crippen molar-refractivity contribution in [2.24, 2.45) is 0 Å². The van der Waals surface area contributed by atoms with E-state index in [1.54, 1.807) is 0 Å². The first-order chi connectivity index (χ1) is 6.28. The van der Waals surface area contributed by atoms with Crippen molar-refractivity contribution in [3.05, 3.63) is 0 Å². The summed E-state index contributed by atoms with van der Waals surface area (Å²) in [4.78, 5) is 0. The molecule has 0 amide bonds. The summed E-state index contributed by atoms with van der Waals surface area (Å²) in [6.45, 7) is 4.07. The first kappa shape index (κ1) is 11.9. The van der Waals surface area contributed by atoms with Gasteiger partial charge in [0.05, 0.1) is 24.2 Å². The van der Waals surface area contributed by atoms with E-state index < -0.39 is 0 Å². The lowest BCUT2D eigenvalue weighted by Gasteiger charge is -2.14. The van der Waals surface area contributed by atoms with E-state index in [-0.39, 0.29) is 12.1 Å². The normalized spacial score (nSPS) is 14.2. The SMILES string of the molecule is CCCC(C#N)NC(C#N)CCC. The molecule has 3 heteroatoms. The van der Waals surface area contributed by atoms with E-state index in [9.17, 15) is 0 Å². The minimum absolute atomic E-state index is 0.166. The van der Waals surface area contributed by atoms with Crippen molar-refractivity contribution in [3.63, 3.8) is 0 Å². The summed E-state index contributed by atoms with van der Waals surface area (Å²) in [7, 11) is 0. The highest BCUT2D eigenvalue weighted by Gasteiger charge is 2.12. The highest BCUT2D eigenvalue weighted by atomic mass is 14.9. The third kappa shape index (κ3) is 5.22. The van der Waals surface area contributed by atoms with Crippen molar-refractivity contribution in [1.29, 1.82) is 10.5 Å². The molecule has 3 nitrogen and oxygen atoms in total. The Morgan fingerprint density at radius 3 is 1.62 bits per heavy atom. The molecule has 2 atom stereocenters. The van der Waals surface area contributed by atoms with Crippen LogP contribution in [0.2, 0.25) is 0 Å². The molecule has 0 radical (unpaired) electrons. The maximum Gasteiger partial charge on any atom is 0.0962 e. The second kappa shape index (κ2) is 7.58. The molecule has 0 spiro atoms. The second-order valence-corrected chi connectivity index (χ2v) is 3.11. The van der Waals surface area contributed by atoms with E-state index in [1.807, 2.05) is 13.8 Å². The molecule has 0 aliphatic heterocycles. The van der Waals surface area contributed by atoms with E-state index in [0.717, 1.165) is 25.7 Å². The molecule has 0 aliphatic rings. The Labute approximate surface area is 80.4 Å². The molecule has 13 heavy (non-hydrogen) atoms. The van der Waals surface area contributed by atoms with Gasteiger partial charge in [-0.05, 0) is 12.8 Å². The first-order valence-corrected chi connectivity index (χ1v) is 4.83. The van der Waals surface area contributed by atoms with Gasteiger partial charge in [0, 0.05) is 0 Å². The summed E-state index contributed by atoms with van der Waals surface area (Å²) in [5.41, 5.74) is 0. The van der Waals surface area contributed by atoms with Crippen LogP contribution in [0.3, 0.4) is 0 Å². The lowest BCUT2D eigenvalue weighted by Crippen LogP contribution is -2.36. The summed E-state index contributed by atoms with van der Waals surface area (Å²) in [5, 5.41) is 20.5. The van der Waals surface area contributed by atoms with Crippen LogP contribution >= 0.6 is 0 Å². The molecule has 0 saturated carbocycles. The first-order valence-electron chi connectivity index (χ1n) is 4.83. The Morgan fingerprint density at radius 2 is 1.38 bits per heavy atom. The van der Waals surface area contributed by atoms with Gasteiger partial charge < -0.3 is 0 Å². The minimum Gasteiger partial charge on any atom is -0.287 e. The number of hydrogen-bond donors (Lipinski definition) is 1. The molecule has 0 fully saturated rings. The molecule has 0 aromatic carbocycles. The fraction of sp³-hybridized carbons (Fsp3) is 0.800. The molecule has 0 aromatic rings.